The zero-order valence-electron chi connectivity index (χ0n) is 13.8. The molecule has 0 bridgehead atoms. The summed E-state index contributed by atoms with van der Waals surface area (Å²) in [4.78, 5) is 0. The lowest BCUT2D eigenvalue weighted by atomic mass is 9.94. The maximum Gasteiger partial charge on any atom is 0.0862 e. The van der Waals surface area contributed by atoms with Crippen molar-refractivity contribution in [2.75, 3.05) is 6.61 Å². The van der Waals surface area contributed by atoms with Gasteiger partial charge in [-0.2, -0.15) is 0 Å². The molecule has 1 nitrogen and oxygen atoms in total. The van der Waals surface area contributed by atoms with Crippen LogP contribution in [0.4, 0.5) is 0 Å². The molecule has 1 aliphatic rings. The van der Waals surface area contributed by atoms with Crippen LogP contribution < -0.4 is 5.19 Å². The molecule has 2 heteroatoms. The summed E-state index contributed by atoms with van der Waals surface area (Å²) in [5, 5.41) is 11.6. The third kappa shape index (κ3) is 2.55. The van der Waals surface area contributed by atoms with E-state index in [0.29, 0.717) is 18.1 Å². The van der Waals surface area contributed by atoms with Gasteiger partial charge in [-0.15, -0.1) is 0 Å². The van der Waals surface area contributed by atoms with E-state index in [1.807, 2.05) is 0 Å². The van der Waals surface area contributed by atoms with E-state index < -0.39 is 8.07 Å². The highest BCUT2D eigenvalue weighted by Crippen LogP contribution is 2.61. The van der Waals surface area contributed by atoms with Gasteiger partial charge in [0.25, 0.3) is 0 Å². The Hall–Kier alpha value is -1.38. The molecule has 0 spiro atoms. The molecule has 0 radical (unpaired) electrons. The van der Waals surface area contributed by atoms with Gasteiger partial charge >= 0.3 is 0 Å². The first kappa shape index (κ1) is 15.5. The highest BCUT2D eigenvalue weighted by atomic mass is 28.3. The zero-order chi connectivity index (χ0) is 15.8. The summed E-state index contributed by atoms with van der Waals surface area (Å²) in [5.41, 5.74) is 2.09. The van der Waals surface area contributed by atoms with E-state index in [9.17, 15) is 5.11 Å². The first-order valence-electron chi connectivity index (χ1n) is 8.22. The highest BCUT2D eigenvalue weighted by Gasteiger charge is 2.58. The Morgan fingerprint density at radius 2 is 1.59 bits per heavy atom. The van der Waals surface area contributed by atoms with Gasteiger partial charge in [0.05, 0.1) is 8.07 Å². The van der Waals surface area contributed by atoms with Crippen LogP contribution in [0.3, 0.4) is 0 Å². The molecule has 0 aromatic heterocycles. The van der Waals surface area contributed by atoms with Crippen molar-refractivity contribution in [2.24, 2.45) is 5.92 Å². The second-order valence-electron chi connectivity index (χ2n) is 7.47. The smallest absolute Gasteiger partial charge is 0.0862 e. The van der Waals surface area contributed by atoms with Crippen molar-refractivity contribution in [1.82, 2.24) is 0 Å². The summed E-state index contributed by atoms with van der Waals surface area (Å²) in [6, 6.07) is 21.6. The first-order valence-corrected chi connectivity index (χ1v) is 11.3. The normalized spacial score (nSPS) is 25.7. The average Bonchev–Trinajstić information content (AvgIpc) is 3.22. The molecule has 1 fully saturated rings. The molecule has 2 aromatic rings. The van der Waals surface area contributed by atoms with E-state index in [4.69, 9.17) is 0 Å². The number of aliphatic hydroxyl groups is 1. The van der Waals surface area contributed by atoms with Crippen LogP contribution in [-0.4, -0.2) is 19.8 Å². The van der Waals surface area contributed by atoms with Crippen molar-refractivity contribution in [3.05, 3.63) is 66.2 Å². The molecular weight excluding hydrogens is 284 g/mol. The van der Waals surface area contributed by atoms with Gasteiger partial charge < -0.3 is 5.11 Å². The van der Waals surface area contributed by atoms with Crippen LogP contribution >= 0.6 is 0 Å². The summed E-state index contributed by atoms with van der Waals surface area (Å²) >= 11 is 0. The fourth-order valence-electron chi connectivity index (χ4n) is 4.08. The molecule has 0 unspecified atom stereocenters. The molecule has 1 aliphatic carbocycles. The Morgan fingerprint density at radius 3 is 2.14 bits per heavy atom. The van der Waals surface area contributed by atoms with Crippen LogP contribution in [0.2, 0.25) is 18.6 Å². The minimum absolute atomic E-state index is 0.244. The van der Waals surface area contributed by atoms with E-state index in [1.165, 1.54) is 17.2 Å². The summed E-state index contributed by atoms with van der Waals surface area (Å²) in [5.74, 6) is 0.599. The second kappa shape index (κ2) is 5.67. The number of aliphatic hydroxyl groups excluding tert-OH is 1. The minimum Gasteiger partial charge on any atom is -0.396 e. The van der Waals surface area contributed by atoms with E-state index in [2.05, 4.69) is 80.7 Å². The number of rotatable bonds is 5. The van der Waals surface area contributed by atoms with Crippen molar-refractivity contribution in [3.63, 3.8) is 0 Å². The van der Waals surface area contributed by atoms with E-state index in [-0.39, 0.29) is 5.41 Å². The van der Waals surface area contributed by atoms with Gasteiger partial charge in [-0.25, -0.2) is 0 Å². The highest BCUT2D eigenvalue weighted by molar-refractivity contribution is 6.91. The van der Waals surface area contributed by atoms with Crippen LogP contribution in [0.5, 0.6) is 0 Å². The maximum atomic E-state index is 10.1. The molecule has 2 aromatic carbocycles. The Bertz CT molecular complexity index is 623. The Balaban J connectivity index is 1.88. The van der Waals surface area contributed by atoms with Crippen LogP contribution in [0.1, 0.15) is 18.9 Å². The minimum atomic E-state index is -1.68. The lowest BCUT2D eigenvalue weighted by molar-refractivity contribution is 0.272. The van der Waals surface area contributed by atoms with Gasteiger partial charge in [0.2, 0.25) is 0 Å². The fourth-order valence-corrected chi connectivity index (χ4v) is 7.50. The van der Waals surface area contributed by atoms with Gasteiger partial charge in [-0.1, -0.05) is 85.9 Å². The lowest BCUT2D eigenvalue weighted by Crippen LogP contribution is -2.48. The van der Waals surface area contributed by atoms with Gasteiger partial charge in [0, 0.05) is 6.61 Å². The van der Waals surface area contributed by atoms with E-state index >= 15 is 0 Å². The second-order valence-corrected chi connectivity index (χ2v) is 12.2. The number of benzene rings is 2. The monoisotopic (exact) mass is 310 g/mol. The molecule has 0 heterocycles. The third-order valence-electron chi connectivity index (χ3n) is 5.86. The molecule has 0 saturated heterocycles. The molecule has 0 aliphatic heterocycles. The number of hydrogen-bond donors (Lipinski definition) is 1. The molecule has 1 saturated carbocycles. The maximum absolute atomic E-state index is 10.1. The molecule has 0 amide bonds. The average molecular weight is 311 g/mol. The fraction of sp³-hybridized carbons (Fsp3) is 0.400. The number of hydrogen-bond acceptors (Lipinski definition) is 1. The molecule has 3 atom stereocenters. The van der Waals surface area contributed by atoms with Crippen molar-refractivity contribution in [1.29, 1.82) is 0 Å². The quantitative estimate of drug-likeness (QED) is 0.829. The van der Waals surface area contributed by atoms with E-state index in [0.717, 1.165) is 0 Å². The molecule has 116 valence electrons. The Kier molecular flexibility index (Phi) is 4.00. The predicted molar refractivity (Wildman–Crippen MR) is 96.3 cm³/mol. The van der Waals surface area contributed by atoms with Gasteiger partial charge in [-0.05, 0) is 28.9 Å². The van der Waals surface area contributed by atoms with Crippen LogP contribution in [0, 0.1) is 5.92 Å². The summed E-state index contributed by atoms with van der Waals surface area (Å²) in [6.07, 6.45) is 1.20. The molecule has 1 N–H and O–H groups in total. The lowest BCUT2D eigenvalue weighted by Gasteiger charge is -2.33. The molecule has 3 rings (SSSR count). The van der Waals surface area contributed by atoms with Crippen LogP contribution in [0.25, 0.3) is 0 Å². The topological polar surface area (TPSA) is 20.2 Å². The van der Waals surface area contributed by atoms with Gasteiger partial charge in [0.1, 0.15) is 0 Å². The van der Waals surface area contributed by atoms with Crippen molar-refractivity contribution in [3.8, 4) is 0 Å². The SMILES string of the molecule is C[C@]1(c2ccccc2)C[C@@H]1[C@@H](CO)[Si](C)(C)c1ccccc1. The molecular formula is C20H26OSi. The van der Waals surface area contributed by atoms with E-state index in [1.54, 1.807) is 0 Å². The standard InChI is InChI=1S/C20H26OSi/c1-20(16-10-6-4-7-11-16)14-18(20)19(15-21)22(2,3)17-12-8-5-9-13-17/h4-13,18-19,21H,14-15H2,1-3H3/t18-,19-,20-/m1/s1. The van der Waals surface area contributed by atoms with Crippen LogP contribution in [0.15, 0.2) is 60.7 Å². The van der Waals surface area contributed by atoms with Gasteiger partial charge in [0.15, 0.2) is 0 Å². The molecule has 22 heavy (non-hydrogen) atoms. The zero-order valence-corrected chi connectivity index (χ0v) is 14.8. The van der Waals surface area contributed by atoms with Crippen molar-refractivity contribution >= 4 is 13.3 Å². The summed E-state index contributed by atoms with van der Waals surface area (Å²) in [6.45, 7) is 7.49. The third-order valence-corrected chi connectivity index (χ3v) is 10.1. The predicted octanol–water partition coefficient (Wildman–Crippen LogP) is 3.94. The van der Waals surface area contributed by atoms with Crippen molar-refractivity contribution < 1.29 is 5.11 Å². The summed E-state index contributed by atoms with van der Waals surface area (Å²) < 4.78 is 0. The Morgan fingerprint density at radius 1 is 1.05 bits per heavy atom. The van der Waals surface area contributed by atoms with Crippen molar-refractivity contribution in [2.45, 2.75) is 37.4 Å². The largest absolute Gasteiger partial charge is 0.396 e. The van der Waals surface area contributed by atoms with Crippen LogP contribution in [-0.2, 0) is 5.41 Å². The van der Waals surface area contributed by atoms with Gasteiger partial charge in [-0.3, -0.25) is 0 Å². The first-order chi connectivity index (χ1) is 10.5. The summed E-state index contributed by atoms with van der Waals surface area (Å²) in [7, 11) is -1.68. The Labute approximate surface area is 135 Å².